The predicted octanol–water partition coefficient (Wildman–Crippen LogP) is 3.22. The molecule has 0 aliphatic rings. The summed E-state index contributed by atoms with van der Waals surface area (Å²) >= 11 is 0. The molecule has 1 N–H and O–H groups in total. The molecule has 0 aliphatic carbocycles. The molecule has 0 heterocycles. The summed E-state index contributed by atoms with van der Waals surface area (Å²) in [6.07, 6.45) is 4.13. The number of nitrogens with one attached hydrogen (secondary N) is 1. The van der Waals surface area contributed by atoms with Gasteiger partial charge in [-0.2, -0.15) is 0 Å². The second-order valence-corrected chi connectivity index (χ2v) is 2.84. The van der Waals surface area contributed by atoms with Crippen molar-refractivity contribution in [2.45, 2.75) is 12.8 Å². The fraction of sp³-hybridized carbons (Fsp3) is 0.250. The lowest BCUT2D eigenvalue weighted by atomic mass is 10.3. The van der Waals surface area contributed by atoms with E-state index < -0.39 is 0 Å². The Bertz CT molecular complexity index is 270. The van der Waals surface area contributed by atoms with Crippen LogP contribution in [0.4, 0.5) is 5.69 Å². The molecule has 0 amide bonds. The molecule has 0 unspecified atom stereocenters. The maximum Gasteiger partial charge on any atom is 0.0340 e. The molecule has 1 nitrogen and oxygen atoms in total. The van der Waals surface area contributed by atoms with Crippen LogP contribution in [0.15, 0.2) is 48.7 Å². The van der Waals surface area contributed by atoms with Crippen molar-refractivity contribution >= 4 is 5.69 Å². The lowest BCUT2D eigenvalue weighted by Gasteiger charge is -2.03. The molecule has 1 aromatic rings. The molecule has 0 aromatic heterocycles. The molecule has 68 valence electrons. The van der Waals surface area contributed by atoms with Gasteiger partial charge in [-0.3, -0.25) is 0 Å². The zero-order valence-corrected chi connectivity index (χ0v) is 7.79. The SMILES string of the molecule is C=C=CCCCNc1ccccc1. The highest BCUT2D eigenvalue weighted by Crippen LogP contribution is 2.04. The first-order valence-electron chi connectivity index (χ1n) is 4.56. The van der Waals surface area contributed by atoms with Crippen LogP contribution in [0, 0.1) is 0 Å². The topological polar surface area (TPSA) is 12.0 Å². The first-order chi connectivity index (χ1) is 6.43. The summed E-state index contributed by atoms with van der Waals surface area (Å²) in [7, 11) is 0. The zero-order chi connectivity index (χ0) is 9.36. The van der Waals surface area contributed by atoms with Crippen molar-refractivity contribution in [2.24, 2.45) is 0 Å². The van der Waals surface area contributed by atoms with E-state index in [4.69, 9.17) is 0 Å². The Labute approximate surface area is 79.8 Å². The second-order valence-electron chi connectivity index (χ2n) is 2.84. The van der Waals surface area contributed by atoms with E-state index in [-0.39, 0.29) is 0 Å². The molecule has 0 saturated carbocycles. The van der Waals surface area contributed by atoms with E-state index in [2.05, 4.69) is 29.8 Å². The first kappa shape index (κ1) is 9.63. The minimum atomic E-state index is 1.00. The largest absolute Gasteiger partial charge is 0.385 e. The Morgan fingerprint density at radius 3 is 2.77 bits per heavy atom. The van der Waals surface area contributed by atoms with Gasteiger partial charge in [-0.25, -0.2) is 0 Å². The van der Waals surface area contributed by atoms with Crippen molar-refractivity contribution in [1.82, 2.24) is 0 Å². The van der Waals surface area contributed by atoms with E-state index in [0.29, 0.717) is 0 Å². The van der Waals surface area contributed by atoms with Crippen molar-refractivity contribution in [1.29, 1.82) is 0 Å². The highest BCUT2D eigenvalue weighted by atomic mass is 14.9. The van der Waals surface area contributed by atoms with Crippen molar-refractivity contribution in [2.75, 3.05) is 11.9 Å². The van der Waals surface area contributed by atoms with Crippen LogP contribution in [0.5, 0.6) is 0 Å². The Hall–Kier alpha value is -1.46. The van der Waals surface area contributed by atoms with Crippen LogP contribution in [0.2, 0.25) is 0 Å². The number of anilines is 1. The number of unbranched alkanes of at least 4 members (excludes halogenated alkanes) is 1. The van der Waals surface area contributed by atoms with Crippen molar-refractivity contribution in [3.63, 3.8) is 0 Å². The van der Waals surface area contributed by atoms with Gasteiger partial charge in [0.25, 0.3) is 0 Å². The van der Waals surface area contributed by atoms with Gasteiger partial charge in [0.1, 0.15) is 0 Å². The molecule has 0 aliphatic heterocycles. The lowest BCUT2D eigenvalue weighted by molar-refractivity contribution is 0.890. The van der Waals surface area contributed by atoms with Gasteiger partial charge < -0.3 is 5.32 Å². The smallest absolute Gasteiger partial charge is 0.0340 e. The van der Waals surface area contributed by atoms with Crippen LogP contribution in [0.1, 0.15) is 12.8 Å². The minimum absolute atomic E-state index is 1.00. The molecule has 0 spiro atoms. The lowest BCUT2D eigenvalue weighted by Crippen LogP contribution is -1.99. The number of para-hydroxylation sites is 1. The maximum absolute atomic E-state index is 3.52. The summed E-state index contributed by atoms with van der Waals surface area (Å²) in [6.45, 7) is 4.52. The third kappa shape index (κ3) is 4.19. The molecular weight excluding hydrogens is 158 g/mol. The van der Waals surface area contributed by atoms with Crippen LogP contribution >= 0.6 is 0 Å². The molecule has 0 radical (unpaired) electrons. The molecular formula is C12H15N. The normalized spacial score (nSPS) is 8.92. The summed E-state index contributed by atoms with van der Waals surface area (Å²) < 4.78 is 0. The van der Waals surface area contributed by atoms with Crippen molar-refractivity contribution < 1.29 is 0 Å². The van der Waals surface area contributed by atoms with Gasteiger partial charge in [0.05, 0.1) is 0 Å². The van der Waals surface area contributed by atoms with E-state index >= 15 is 0 Å². The fourth-order valence-electron chi connectivity index (χ4n) is 1.09. The number of rotatable bonds is 5. The molecule has 1 rings (SSSR count). The van der Waals surface area contributed by atoms with Crippen LogP contribution in [-0.2, 0) is 0 Å². The van der Waals surface area contributed by atoms with Gasteiger partial charge in [-0.05, 0) is 31.1 Å². The van der Waals surface area contributed by atoms with E-state index in [1.54, 1.807) is 0 Å². The molecule has 0 fully saturated rings. The van der Waals surface area contributed by atoms with Crippen LogP contribution in [0.3, 0.4) is 0 Å². The highest BCUT2D eigenvalue weighted by molar-refractivity contribution is 5.42. The number of allylic oxidation sites excluding steroid dienone is 1. The summed E-state index contributed by atoms with van der Waals surface area (Å²) in [5.74, 6) is 0. The van der Waals surface area contributed by atoms with Gasteiger partial charge in [-0.1, -0.05) is 24.8 Å². The third-order valence-corrected chi connectivity index (χ3v) is 1.77. The fourth-order valence-corrected chi connectivity index (χ4v) is 1.09. The van der Waals surface area contributed by atoms with Gasteiger partial charge in [-0.15, -0.1) is 5.73 Å². The van der Waals surface area contributed by atoms with E-state index in [0.717, 1.165) is 19.4 Å². The maximum atomic E-state index is 3.52. The zero-order valence-electron chi connectivity index (χ0n) is 7.79. The predicted molar refractivity (Wildman–Crippen MR) is 57.9 cm³/mol. The van der Waals surface area contributed by atoms with Gasteiger partial charge in [0, 0.05) is 12.2 Å². The number of hydrogen-bond acceptors (Lipinski definition) is 1. The first-order valence-corrected chi connectivity index (χ1v) is 4.56. The highest BCUT2D eigenvalue weighted by Gasteiger charge is 1.87. The Morgan fingerprint density at radius 1 is 1.31 bits per heavy atom. The van der Waals surface area contributed by atoms with Gasteiger partial charge in [0.15, 0.2) is 0 Å². The average molecular weight is 173 g/mol. The number of benzene rings is 1. The molecule has 1 heteroatoms. The summed E-state index contributed by atoms with van der Waals surface area (Å²) in [5.41, 5.74) is 3.95. The van der Waals surface area contributed by atoms with Crippen LogP contribution in [-0.4, -0.2) is 6.54 Å². The Balaban J connectivity index is 2.17. The third-order valence-electron chi connectivity index (χ3n) is 1.77. The quantitative estimate of drug-likeness (QED) is 0.532. The molecule has 0 bridgehead atoms. The summed E-state index contributed by atoms with van der Waals surface area (Å²) in [6, 6.07) is 10.2. The van der Waals surface area contributed by atoms with E-state index in [9.17, 15) is 0 Å². The Kier molecular flexibility index (Phi) is 4.52. The van der Waals surface area contributed by atoms with E-state index in [1.165, 1.54) is 5.69 Å². The van der Waals surface area contributed by atoms with Crippen molar-refractivity contribution in [3.05, 3.63) is 48.7 Å². The second kappa shape index (κ2) is 6.10. The molecule has 1 aromatic carbocycles. The molecule has 0 saturated heterocycles. The van der Waals surface area contributed by atoms with Crippen LogP contribution in [0.25, 0.3) is 0 Å². The van der Waals surface area contributed by atoms with Crippen LogP contribution < -0.4 is 5.32 Å². The summed E-state index contributed by atoms with van der Waals surface area (Å²) in [4.78, 5) is 0. The van der Waals surface area contributed by atoms with E-state index in [1.807, 2.05) is 24.3 Å². The molecule has 0 atom stereocenters. The summed E-state index contributed by atoms with van der Waals surface area (Å²) in [5, 5.41) is 3.34. The monoisotopic (exact) mass is 173 g/mol. The Morgan fingerprint density at radius 2 is 2.08 bits per heavy atom. The van der Waals surface area contributed by atoms with Gasteiger partial charge >= 0.3 is 0 Å². The average Bonchev–Trinajstić information content (AvgIpc) is 2.19. The minimum Gasteiger partial charge on any atom is -0.385 e. The standard InChI is InChI=1S/C12H15N/c1-2-3-4-8-11-13-12-9-6-5-7-10-12/h3,5-7,9-10,13H,1,4,8,11H2. The van der Waals surface area contributed by atoms with Crippen molar-refractivity contribution in [3.8, 4) is 0 Å². The van der Waals surface area contributed by atoms with Gasteiger partial charge in [0.2, 0.25) is 0 Å². The molecule has 13 heavy (non-hydrogen) atoms. The number of hydrogen-bond donors (Lipinski definition) is 1.